The summed E-state index contributed by atoms with van der Waals surface area (Å²) in [5, 5.41) is 9.58. The van der Waals surface area contributed by atoms with Crippen LogP contribution in [-0.4, -0.2) is 31.7 Å². The fourth-order valence-corrected chi connectivity index (χ4v) is 3.52. The molecule has 6 nitrogen and oxygen atoms in total. The molecular formula is C14H18N4O2S. The molecule has 0 unspecified atom stereocenters. The molecule has 1 aromatic heterocycles. The Bertz CT molecular complexity index is 711. The Morgan fingerprint density at radius 2 is 2.24 bits per heavy atom. The van der Waals surface area contributed by atoms with Gasteiger partial charge in [-0.05, 0) is 30.4 Å². The van der Waals surface area contributed by atoms with Gasteiger partial charge in [0.1, 0.15) is 4.90 Å². The van der Waals surface area contributed by atoms with E-state index in [0.29, 0.717) is 13.0 Å². The van der Waals surface area contributed by atoms with E-state index in [9.17, 15) is 8.42 Å². The predicted octanol–water partition coefficient (Wildman–Crippen LogP) is 1.29. The van der Waals surface area contributed by atoms with Crippen molar-refractivity contribution in [3.63, 3.8) is 0 Å². The highest BCUT2D eigenvalue weighted by molar-refractivity contribution is 7.89. The molecule has 1 aromatic carbocycles. The van der Waals surface area contributed by atoms with E-state index in [2.05, 4.69) is 26.3 Å². The van der Waals surface area contributed by atoms with Crippen molar-refractivity contribution in [2.45, 2.75) is 24.2 Å². The maximum absolute atomic E-state index is 12.0. The fourth-order valence-electron chi connectivity index (χ4n) is 2.58. The lowest BCUT2D eigenvalue weighted by Crippen LogP contribution is -2.26. The Kier molecular flexibility index (Phi) is 3.94. The topological polar surface area (TPSA) is 86.9 Å². The van der Waals surface area contributed by atoms with Crippen molar-refractivity contribution < 1.29 is 8.42 Å². The molecule has 112 valence electrons. The van der Waals surface area contributed by atoms with E-state index in [1.54, 1.807) is 0 Å². The largest absolute Gasteiger partial charge is 0.385 e. The fraction of sp³-hybridized carbons (Fsp3) is 0.357. The first-order valence-corrected chi connectivity index (χ1v) is 8.48. The first-order chi connectivity index (χ1) is 10.2. The summed E-state index contributed by atoms with van der Waals surface area (Å²) in [6.07, 6.45) is 5.55. The number of sulfonamides is 1. The number of aryl methyl sites for hydroxylation is 1. The number of benzene rings is 1. The van der Waals surface area contributed by atoms with Crippen molar-refractivity contribution in [2.75, 3.05) is 18.4 Å². The minimum Gasteiger partial charge on any atom is -0.385 e. The van der Waals surface area contributed by atoms with Crippen LogP contribution in [0.1, 0.15) is 17.5 Å². The van der Waals surface area contributed by atoms with Crippen LogP contribution in [0.3, 0.4) is 0 Å². The van der Waals surface area contributed by atoms with Crippen molar-refractivity contribution in [3.8, 4) is 0 Å². The number of nitrogens with one attached hydrogen (secondary N) is 3. The number of hydrogen-bond acceptors (Lipinski definition) is 4. The Morgan fingerprint density at radius 3 is 3.05 bits per heavy atom. The van der Waals surface area contributed by atoms with Gasteiger partial charge in [0.15, 0.2) is 0 Å². The maximum Gasteiger partial charge on any atom is 0.243 e. The van der Waals surface area contributed by atoms with Crippen LogP contribution in [-0.2, 0) is 22.9 Å². The number of H-pyrrole nitrogens is 1. The quantitative estimate of drug-likeness (QED) is 0.777. The molecule has 21 heavy (non-hydrogen) atoms. The highest BCUT2D eigenvalue weighted by Gasteiger charge is 2.16. The van der Waals surface area contributed by atoms with Gasteiger partial charge < -0.3 is 5.32 Å². The number of nitrogens with zero attached hydrogens (tertiary/aromatic N) is 1. The van der Waals surface area contributed by atoms with Crippen molar-refractivity contribution >= 4 is 15.7 Å². The molecule has 1 aliphatic heterocycles. The molecular weight excluding hydrogens is 288 g/mol. The molecule has 1 aliphatic rings. The van der Waals surface area contributed by atoms with E-state index in [1.807, 2.05) is 12.1 Å². The van der Waals surface area contributed by atoms with Gasteiger partial charge in [-0.3, -0.25) is 5.10 Å². The summed E-state index contributed by atoms with van der Waals surface area (Å²) in [7, 11) is -3.47. The van der Waals surface area contributed by atoms with E-state index >= 15 is 0 Å². The van der Waals surface area contributed by atoms with Crippen LogP contribution < -0.4 is 10.0 Å². The Labute approximate surface area is 124 Å². The first-order valence-electron chi connectivity index (χ1n) is 7.00. The summed E-state index contributed by atoms with van der Waals surface area (Å²) in [6.45, 7) is 1.34. The van der Waals surface area contributed by atoms with Crippen molar-refractivity contribution in [1.29, 1.82) is 0 Å². The molecule has 0 saturated carbocycles. The monoisotopic (exact) mass is 306 g/mol. The predicted molar refractivity (Wildman–Crippen MR) is 80.7 cm³/mol. The second kappa shape index (κ2) is 5.87. The van der Waals surface area contributed by atoms with Crippen LogP contribution in [0, 0.1) is 0 Å². The van der Waals surface area contributed by atoms with Gasteiger partial charge in [-0.25, -0.2) is 13.1 Å². The number of anilines is 1. The second-order valence-corrected chi connectivity index (χ2v) is 6.83. The van der Waals surface area contributed by atoms with E-state index in [4.69, 9.17) is 0 Å². The maximum atomic E-state index is 12.0. The summed E-state index contributed by atoms with van der Waals surface area (Å²) < 4.78 is 26.6. The molecule has 0 atom stereocenters. The number of para-hydroxylation sites is 1. The van der Waals surface area contributed by atoms with Crippen LogP contribution in [0.5, 0.6) is 0 Å². The molecule has 2 heterocycles. The van der Waals surface area contributed by atoms with Gasteiger partial charge in [0.2, 0.25) is 10.0 Å². The van der Waals surface area contributed by atoms with Crippen molar-refractivity contribution in [3.05, 3.63) is 41.7 Å². The molecule has 3 N–H and O–H groups in total. The summed E-state index contributed by atoms with van der Waals surface area (Å²) >= 11 is 0. The zero-order valence-electron chi connectivity index (χ0n) is 11.6. The third kappa shape index (κ3) is 3.08. The summed E-state index contributed by atoms with van der Waals surface area (Å²) in [5.41, 5.74) is 3.64. The molecule has 7 heteroatoms. The normalized spacial score (nSPS) is 14.5. The number of hydrogen-bond donors (Lipinski definition) is 3. The number of fused-ring (bicyclic) bond motifs is 1. The van der Waals surface area contributed by atoms with E-state index in [1.165, 1.54) is 23.6 Å². The Balaban J connectivity index is 1.66. The third-order valence-corrected chi connectivity index (χ3v) is 5.06. The average molecular weight is 306 g/mol. The SMILES string of the molecule is O=S(=O)(NCCc1cccc2c1NCCC2)c1cn[nH]c1. The van der Waals surface area contributed by atoms with Gasteiger partial charge in [-0.1, -0.05) is 18.2 Å². The second-order valence-electron chi connectivity index (χ2n) is 5.06. The van der Waals surface area contributed by atoms with Gasteiger partial charge in [0.05, 0.1) is 6.20 Å². The molecule has 0 bridgehead atoms. The van der Waals surface area contributed by atoms with E-state index in [-0.39, 0.29) is 4.90 Å². The van der Waals surface area contributed by atoms with Gasteiger partial charge in [-0.2, -0.15) is 5.10 Å². The number of rotatable bonds is 5. The van der Waals surface area contributed by atoms with Crippen LogP contribution in [0.15, 0.2) is 35.5 Å². The molecule has 0 radical (unpaired) electrons. The van der Waals surface area contributed by atoms with Crippen molar-refractivity contribution in [2.24, 2.45) is 0 Å². The third-order valence-electron chi connectivity index (χ3n) is 3.63. The lowest BCUT2D eigenvalue weighted by atomic mass is 9.98. The minimum atomic E-state index is -3.47. The molecule has 0 saturated heterocycles. The molecule has 0 amide bonds. The first kappa shape index (κ1) is 14.1. The summed E-state index contributed by atoms with van der Waals surface area (Å²) in [5.74, 6) is 0. The Morgan fingerprint density at radius 1 is 1.33 bits per heavy atom. The standard InChI is InChI=1S/C14H18N4O2S/c19-21(20,13-9-16-17-10-13)18-8-6-12-4-1-3-11-5-2-7-15-14(11)12/h1,3-4,9-10,15,18H,2,5-8H2,(H,16,17). The van der Waals surface area contributed by atoms with Gasteiger partial charge in [-0.15, -0.1) is 0 Å². The molecule has 3 rings (SSSR count). The van der Waals surface area contributed by atoms with E-state index < -0.39 is 10.0 Å². The van der Waals surface area contributed by atoms with Crippen LogP contribution in [0.2, 0.25) is 0 Å². The van der Waals surface area contributed by atoms with Gasteiger partial charge in [0, 0.05) is 25.0 Å². The van der Waals surface area contributed by atoms with E-state index in [0.717, 1.165) is 24.9 Å². The molecule has 0 aliphatic carbocycles. The minimum absolute atomic E-state index is 0.163. The van der Waals surface area contributed by atoms with Gasteiger partial charge >= 0.3 is 0 Å². The highest BCUT2D eigenvalue weighted by Crippen LogP contribution is 2.26. The molecule has 0 fully saturated rings. The van der Waals surface area contributed by atoms with Crippen LogP contribution in [0.4, 0.5) is 5.69 Å². The summed E-state index contributed by atoms with van der Waals surface area (Å²) in [4.78, 5) is 0.163. The average Bonchev–Trinajstić information content (AvgIpc) is 3.02. The lowest BCUT2D eigenvalue weighted by Gasteiger charge is -2.21. The zero-order valence-corrected chi connectivity index (χ0v) is 12.4. The summed E-state index contributed by atoms with van der Waals surface area (Å²) in [6, 6.07) is 6.20. The van der Waals surface area contributed by atoms with Crippen LogP contribution >= 0.6 is 0 Å². The van der Waals surface area contributed by atoms with Crippen LogP contribution in [0.25, 0.3) is 0 Å². The van der Waals surface area contributed by atoms with Crippen molar-refractivity contribution in [1.82, 2.24) is 14.9 Å². The van der Waals surface area contributed by atoms with Gasteiger partial charge in [0.25, 0.3) is 0 Å². The Hall–Kier alpha value is -1.86. The number of aromatic nitrogens is 2. The molecule has 0 spiro atoms. The highest BCUT2D eigenvalue weighted by atomic mass is 32.2. The molecule has 2 aromatic rings. The lowest BCUT2D eigenvalue weighted by molar-refractivity contribution is 0.581. The number of aromatic amines is 1. The zero-order chi connectivity index (χ0) is 14.7. The smallest absolute Gasteiger partial charge is 0.243 e.